The fourth-order valence-corrected chi connectivity index (χ4v) is 3.43. The number of carbonyl (C=O) groups is 1. The molecule has 1 N–H and O–H groups in total. The summed E-state index contributed by atoms with van der Waals surface area (Å²) in [5, 5.41) is 2.99. The van der Waals surface area contributed by atoms with E-state index in [1.807, 2.05) is 42.5 Å². The van der Waals surface area contributed by atoms with Crippen molar-refractivity contribution in [2.75, 3.05) is 12.4 Å². The lowest BCUT2D eigenvalue weighted by molar-refractivity contribution is -0.116. The van der Waals surface area contributed by atoms with Crippen molar-refractivity contribution in [2.24, 2.45) is 0 Å². The number of amides is 1. The summed E-state index contributed by atoms with van der Waals surface area (Å²) in [6.45, 7) is 2.19. The Bertz CT molecular complexity index is 956. The highest BCUT2D eigenvalue weighted by atomic mass is 16.5. The molecule has 1 aromatic heterocycles. The summed E-state index contributed by atoms with van der Waals surface area (Å²) in [5.41, 5.74) is 3.61. The smallest absolute Gasteiger partial charge is 0.225 e. The first-order chi connectivity index (χ1) is 15.2. The van der Waals surface area contributed by atoms with Crippen molar-refractivity contribution < 1.29 is 9.53 Å². The number of nitrogens with zero attached hydrogens (tertiary/aromatic N) is 2. The molecule has 31 heavy (non-hydrogen) atoms. The number of carbonyl (C=O) groups excluding carboxylic acids is 1. The van der Waals surface area contributed by atoms with Gasteiger partial charge in [-0.15, -0.1) is 0 Å². The van der Waals surface area contributed by atoms with Gasteiger partial charge >= 0.3 is 0 Å². The summed E-state index contributed by atoms with van der Waals surface area (Å²) in [4.78, 5) is 21.9. The fraction of sp³-hybridized carbons (Fsp3) is 0.346. The standard InChI is InChI=1S/C26H31N3O2/c1-3-4-5-6-10-13-25(30)29-26-23(18-20-11-8-7-9-12-20)28-24(19-27-26)21-14-16-22(31-2)17-15-21/h7-9,11-12,14-17,19H,3-6,10,13,18H2,1-2H3,(H,27,29,30). The van der Waals surface area contributed by atoms with Crippen LogP contribution in [0.25, 0.3) is 11.3 Å². The van der Waals surface area contributed by atoms with Gasteiger partial charge in [0.05, 0.1) is 24.7 Å². The summed E-state index contributed by atoms with van der Waals surface area (Å²) >= 11 is 0. The quantitative estimate of drug-likeness (QED) is 0.386. The maximum atomic E-state index is 12.5. The highest BCUT2D eigenvalue weighted by Crippen LogP contribution is 2.24. The molecular formula is C26H31N3O2. The minimum Gasteiger partial charge on any atom is -0.497 e. The molecule has 0 radical (unpaired) electrons. The topological polar surface area (TPSA) is 64.1 Å². The largest absolute Gasteiger partial charge is 0.497 e. The van der Waals surface area contributed by atoms with Crippen molar-refractivity contribution >= 4 is 11.7 Å². The molecule has 0 unspecified atom stereocenters. The van der Waals surface area contributed by atoms with Crippen LogP contribution in [0.5, 0.6) is 5.75 Å². The Morgan fingerprint density at radius 2 is 1.71 bits per heavy atom. The summed E-state index contributed by atoms with van der Waals surface area (Å²) in [6, 6.07) is 17.8. The molecule has 0 aliphatic rings. The lowest BCUT2D eigenvalue weighted by Gasteiger charge is -2.12. The molecule has 162 valence electrons. The second-order valence-electron chi connectivity index (χ2n) is 7.65. The summed E-state index contributed by atoms with van der Waals surface area (Å²) in [7, 11) is 1.65. The van der Waals surface area contributed by atoms with E-state index < -0.39 is 0 Å². The number of ether oxygens (including phenoxy) is 1. The van der Waals surface area contributed by atoms with Gasteiger partial charge in [0.25, 0.3) is 0 Å². The van der Waals surface area contributed by atoms with Crippen molar-refractivity contribution in [3.63, 3.8) is 0 Å². The number of anilines is 1. The molecule has 3 rings (SSSR count). The predicted octanol–water partition coefficient (Wildman–Crippen LogP) is 6.04. The molecule has 2 aromatic carbocycles. The van der Waals surface area contributed by atoms with Crippen LogP contribution in [0, 0.1) is 0 Å². The Labute approximate surface area is 184 Å². The highest BCUT2D eigenvalue weighted by Gasteiger charge is 2.13. The third kappa shape index (κ3) is 6.92. The average Bonchev–Trinajstić information content (AvgIpc) is 2.81. The number of hydrogen-bond donors (Lipinski definition) is 1. The minimum atomic E-state index is -0.00249. The van der Waals surface area contributed by atoms with E-state index in [0.29, 0.717) is 18.7 Å². The van der Waals surface area contributed by atoms with E-state index in [-0.39, 0.29) is 5.91 Å². The zero-order valence-corrected chi connectivity index (χ0v) is 18.4. The Balaban J connectivity index is 1.77. The van der Waals surface area contributed by atoms with Gasteiger partial charge in [-0.2, -0.15) is 0 Å². The number of benzene rings is 2. The number of nitrogens with one attached hydrogen (secondary N) is 1. The van der Waals surface area contributed by atoms with Crippen LogP contribution in [0.3, 0.4) is 0 Å². The minimum absolute atomic E-state index is 0.00249. The van der Waals surface area contributed by atoms with Gasteiger partial charge < -0.3 is 10.1 Å². The Morgan fingerprint density at radius 3 is 2.42 bits per heavy atom. The second-order valence-corrected chi connectivity index (χ2v) is 7.65. The molecule has 0 fully saturated rings. The third-order valence-electron chi connectivity index (χ3n) is 5.21. The van der Waals surface area contributed by atoms with Crippen LogP contribution >= 0.6 is 0 Å². The van der Waals surface area contributed by atoms with Crippen molar-refractivity contribution in [3.05, 3.63) is 72.1 Å². The van der Waals surface area contributed by atoms with Crippen LogP contribution in [0.2, 0.25) is 0 Å². The first-order valence-electron chi connectivity index (χ1n) is 11.0. The van der Waals surface area contributed by atoms with Gasteiger partial charge in [0.2, 0.25) is 5.91 Å². The Morgan fingerprint density at radius 1 is 0.968 bits per heavy atom. The number of methoxy groups -OCH3 is 1. The molecule has 0 aliphatic heterocycles. The molecular weight excluding hydrogens is 386 g/mol. The maximum absolute atomic E-state index is 12.5. The van der Waals surface area contributed by atoms with E-state index >= 15 is 0 Å². The molecule has 1 heterocycles. The molecule has 0 saturated carbocycles. The zero-order valence-electron chi connectivity index (χ0n) is 18.4. The number of aromatic nitrogens is 2. The maximum Gasteiger partial charge on any atom is 0.225 e. The van der Waals surface area contributed by atoms with Crippen molar-refractivity contribution in [1.82, 2.24) is 9.97 Å². The Kier molecular flexibility index (Phi) is 8.59. The van der Waals surface area contributed by atoms with Gasteiger partial charge in [-0.1, -0.05) is 62.9 Å². The molecule has 3 aromatic rings. The van der Waals surface area contributed by atoms with E-state index in [1.54, 1.807) is 13.3 Å². The van der Waals surface area contributed by atoms with Crippen LogP contribution in [0.1, 0.15) is 56.7 Å². The van der Waals surface area contributed by atoms with E-state index in [1.165, 1.54) is 19.3 Å². The van der Waals surface area contributed by atoms with Crippen LogP contribution in [0.4, 0.5) is 5.82 Å². The normalized spacial score (nSPS) is 10.6. The molecule has 1 amide bonds. The summed E-state index contributed by atoms with van der Waals surface area (Å²) in [6.07, 6.45) is 8.41. The van der Waals surface area contributed by atoms with Crippen molar-refractivity contribution in [3.8, 4) is 17.0 Å². The fourth-order valence-electron chi connectivity index (χ4n) is 3.43. The number of hydrogen-bond acceptors (Lipinski definition) is 4. The van der Waals surface area contributed by atoms with E-state index in [4.69, 9.17) is 9.72 Å². The van der Waals surface area contributed by atoms with E-state index in [9.17, 15) is 4.79 Å². The molecule has 5 heteroatoms. The monoisotopic (exact) mass is 417 g/mol. The van der Waals surface area contributed by atoms with Crippen LogP contribution in [-0.2, 0) is 11.2 Å². The summed E-state index contributed by atoms with van der Waals surface area (Å²) < 4.78 is 5.24. The number of rotatable bonds is 11. The highest BCUT2D eigenvalue weighted by molar-refractivity contribution is 5.90. The van der Waals surface area contributed by atoms with Gasteiger partial charge in [0.1, 0.15) is 5.75 Å². The van der Waals surface area contributed by atoms with Crippen LogP contribution in [0.15, 0.2) is 60.8 Å². The molecule has 0 aliphatic carbocycles. The Hall–Kier alpha value is -3.21. The lowest BCUT2D eigenvalue weighted by Crippen LogP contribution is -2.15. The predicted molar refractivity (Wildman–Crippen MR) is 125 cm³/mol. The van der Waals surface area contributed by atoms with Crippen LogP contribution in [-0.4, -0.2) is 23.0 Å². The second kappa shape index (κ2) is 11.8. The van der Waals surface area contributed by atoms with Crippen LogP contribution < -0.4 is 10.1 Å². The van der Waals surface area contributed by atoms with E-state index in [0.717, 1.165) is 41.1 Å². The first kappa shape index (κ1) is 22.5. The number of unbranched alkanes of at least 4 members (excludes halogenated alkanes) is 4. The van der Waals surface area contributed by atoms with Gasteiger partial charge in [0.15, 0.2) is 5.82 Å². The third-order valence-corrected chi connectivity index (χ3v) is 5.21. The first-order valence-corrected chi connectivity index (χ1v) is 11.0. The summed E-state index contributed by atoms with van der Waals surface area (Å²) in [5.74, 6) is 1.33. The molecule has 5 nitrogen and oxygen atoms in total. The van der Waals surface area contributed by atoms with Gasteiger partial charge in [-0.3, -0.25) is 4.79 Å². The zero-order chi connectivity index (χ0) is 21.9. The van der Waals surface area contributed by atoms with Gasteiger partial charge in [-0.05, 0) is 36.2 Å². The molecule has 0 atom stereocenters. The lowest BCUT2D eigenvalue weighted by atomic mass is 10.1. The van der Waals surface area contributed by atoms with Gasteiger partial charge in [-0.25, -0.2) is 9.97 Å². The van der Waals surface area contributed by atoms with Crippen molar-refractivity contribution in [1.29, 1.82) is 0 Å². The molecule has 0 bridgehead atoms. The van der Waals surface area contributed by atoms with Gasteiger partial charge in [0, 0.05) is 18.4 Å². The SMILES string of the molecule is CCCCCCCC(=O)Nc1ncc(-c2ccc(OC)cc2)nc1Cc1ccccc1. The molecule has 0 saturated heterocycles. The average molecular weight is 418 g/mol. The molecule has 0 spiro atoms. The van der Waals surface area contributed by atoms with Crippen molar-refractivity contribution in [2.45, 2.75) is 51.9 Å². The van der Waals surface area contributed by atoms with E-state index in [2.05, 4.69) is 29.4 Å².